The highest BCUT2D eigenvalue weighted by molar-refractivity contribution is 5.70. The summed E-state index contributed by atoms with van der Waals surface area (Å²) in [7, 11) is 0. The van der Waals surface area contributed by atoms with E-state index in [0.717, 1.165) is 5.56 Å². The number of carboxylic acids is 1. The summed E-state index contributed by atoms with van der Waals surface area (Å²) in [5, 5.41) is 12.1. The first-order chi connectivity index (χ1) is 8.24. The molecule has 6 nitrogen and oxygen atoms in total. The van der Waals surface area contributed by atoms with Crippen LogP contribution in [-0.2, 0) is 17.8 Å². The predicted molar refractivity (Wildman–Crippen MR) is 56.4 cm³/mol. The molecule has 2 rings (SSSR count). The van der Waals surface area contributed by atoms with Gasteiger partial charge in [0, 0.05) is 0 Å². The first-order valence-corrected chi connectivity index (χ1v) is 4.93. The van der Waals surface area contributed by atoms with Crippen molar-refractivity contribution < 1.29 is 19.2 Å². The number of benzene rings is 1. The van der Waals surface area contributed by atoms with Crippen molar-refractivity contribution in [1.29, 1.82) is 0 Å². The molecule has 0 atom stereocenters. The number of aromatic nitrogens is 2. The SMILES string of the molecule is O=C(O)Cc1ccc(OCc2ncno2)cc1. The van der Waals surface area contributed by atoms with Crippen LogP contribution >= 0.6 is 0 Å². The van der Waals surface area contributed by atoms with Crippen LogP contribution in [0.1, 0.15) is 11.5 Å². The molecule has 1 aromatic heterocycles. The predicted octanol–water partition coefficient (Wildman–Crippen LogP) is 1.28. The normalized spacial score (nSPS) is 10.1. The molecule has 17 heavy (non-hydrogen) atoms. The van der Waals surface area contributed by atoms with E-state index in [1.807, 2.05) is 0 Å². The highest BCUT2D eigenvalue weighted by atomic mass is 16.5. The van der Waals surface area contributed by atoms with Gasteiger partial charge in [0.2, 0.25) is 0 Å². The van der Waals surface area contributed by atoms with Crippen molar-refractivity contribution in [1.82, 2.24) is 10.1 Å². The van der Waals surface area contributed by atoms with E-state index in [4.69, 9.17) is 14.4 Å². The van der Waals surface area contributed by atoms with Crippen molar-refractivity contribution in [3.05, 3.63) is 42.0 Å². The maximum absolute atomic E-state index is 10.5. The Morgan fingerprint density at radius 3 is 2.71 bits per heavy atom. The van der Waals surface area contributed by atoms with Crippen molar-refractivity contribution in [2.75, 3.05) is 0 Å². The van der Waals surface area contributed by atoms with Gasteiger partial charge in [-0.2, -0.15) is 4.98 Å². The minimum absolute atomic E-state index is 0.00391. The summed E-state index contributed by atoms with van der Waals surface area (Å²) in [6.45, 7) is 0.193. The van der Waals surface area contributed by atoms with Crippen molar-refractivity contribution >= 4 is 5.97 Å². The van der Waals surface area contributed by atoms with E-state index < -0.39 is 5.97 Å². The van der Waals surface area contributed by atoms with Crippen molar-refractivity contribution in [3.63, 3.8) is 0 Å². The van der Waals surface area contributed by atoms with Crippen LogP contribution in [0.3, 0.4) is 0 Å². The summed E-state index contributed by atoms with van der Waals surface area (Å²) in [6.07, 6.45) is 1.30. The van der Waals surface area contributed by atoms with Crippen LogP contribution in [0, 0.1) is 0 Å². The van der Waals surface area contributed by atoms with Gasteiger partial charge in [0.25, 0.3) is 5.89 Å². The van der Waals surface area contributed by atoms with E-state index in [2.05, 4.69) is 10.1 Å². The Morgan fingerprint density at radius 1 is 1.35 bits per heavy atom. The molecule has 1 aromatic carbocycles. The summed E-state index contributed by atoms with van der Waals surface area (Å²) in [5.41, 5.74) is 0.725. The van der Waals surface area contributed by atoms with Gasteiger partial charge in [0.1, 0.15) is 5.75 Å². The van der Waals surface area contributed by atoms with Crippen LogP contribution in [-0.4, -0.2) is 21.2 Å². The molecule has 0 saturated carbocycles. The van der Waals surface area contributed by atoms with Crippen LogP contribution in [0.2, 0.25) is 0 Å². The lowest BCUT2D eigenvalue weighted by Crippen LogP contribution is -2.00. The second kappa shape index (κ2) is 5.11. The largest absolute Gasteiger partial charge is 0.484 e. The lowest BCUT2D eigenvalue weighted by Gasteiger charge is -2.03. The second-order valence-corrected chi connectivity index (χ2v) is 3.34. The fraction of sp³-hybridized carbons (Fsp3) is 0.182. The van der Waals surface area contributed by atoms with Gasteiger partial charge in [-0.25, -0.2) is 0 Å². The molecule has 0 amide bonds. The van der Waals surface area contributed by atoms with E-state index in [9.17, 15) is 4.79 Å². The van der Waals surface area contributed by atoms with Gasteiger partial charge in [-0.1, -0.05) is 17.3 Å². The van der Waals surface area contributed by atoms with Crippen LogP contribution in [0.5, 0.6) is 5.75 Å². The Hall–Kier alpha value is -2.37. The average Bonchev–Trinajstić information content (AvgIpc) is 2.80. The quantitative estimate of drug-likeness (QED) is 0.838. The molecule has 1 heterocycles. The number of aliphatic carboxylic acids is 1. The van der Waals surface area contributed by atoms with Crippen molar-refractivity contribution in [3.8, 4) is 5.75 Å². The molecule has 6 heteroatoms. The van der Waals surface area contributed by atoms with Gasteiger partial charge in [0.15, 0.2) is 12.9 Å². The Kier molecular flexibility index (Phi) is 3.34. The number of nitrogens with zero attached hydrogens (tertiary/aromatic N) is 2. The van der Waals surface area contributed by atoms with Gasteiger partial charge in [-0.15, -0.1) is 0 Å². The third kappa shape index (κ3) is 3.30. The number of ether oxygens (including phenoxy) is 1. The molecule has 0 radical (unpaired) electrons. The topological polar surface area (TPSA) is 85.5 Å². The molecule has 0 fully saturated rings. The zero-order valence-corrected chi connectivity index (χ0v) is 8.87. The molecule has 0 spiro atoms. The van der Waals surface area contributed by atoms with Crippen LogP contribution in [0.15, 0.2) is 35.1 Å². The highest BCUT2D eigenvalue weighted by Gasteiger charge is 2.02. The summed E-state index contributed by atoms with van der Waals surface area (Å²) in [5.74, 6) is 0.154. The molecular weight excluding hydrogens is 224 g/mol. The molecule has 2 aromatic rings. The average molecular weight is 234 g/mol. The standard InChI is InChI=1S/C11H10N2O4/c14-11(15)5-8-1-3-9(4-2-8)16-6-10-12-7-13-17-10/h1-4,7H,5-6H2,(H,14,15). The molecule has 88 valence electrons. The number of hydrogen-bond acceptors (Lipinski definition) is 5. The van der Waals surface area contributed by atoms with Gasteiger partial charge in [-0.3, -0.25) is 4.79 Å². The number of carbonyl (C=O) groups is 1. The maximum Gasteiger partial charge on any atom is 0.307 e. The number of hydrogen-bond donors (Lipinski definition) is 1. The summed E-state index contributed by atoms with van der Waals surface area (Å²) in [4.78, 5) is 14.3. The van der Waals surface area contributed by atoms with Gasteiger partial charge in [-0.05, 0) is 17.7 Å². The van der Waals surface area contributed by atoms with Gasteiger partial charge >= 0.3 is 5.97 Å². The minimum Gasteiger partial charge on any atom is -0.484 e. The zero-order valence-electron chi connectivity index (χ0n) is 8.87. The summed E-state index contributed by atoms with van der Waals surface area (Å²) in [6, 6.07) is 6.82. The van der Waals surface area contributed by atoms with E-state index in [0.29, 0.717) is 11.6 Å². The van der Waals surface area contributed by atoms with Crippen LogP contribution < -0.4 is 4.74 Å². The summed E-state index contributed by atoms with van der Waals surface area (Å²) >= 11 is 0. The maximum atomic E-state index is 10.5. The third-order valence-corrected chi connectivity index (χ3v) is 2.05. The van der Waals surface area contributed by atoms with Gasteiger partial charge in [0.05, 0.1) is 6.42 Å². The molecule has 0 unspecified atom stereocenters. The molecule has 0 bridgehead atoms. The van der Waals surface area contributed by atoms with Crippen molar-refractivity contribution in [2.24, 2.45) is 0 Å². The molecule has 0 saturated heterocycles. The highest BCUT2D eigenvalue weighted by Crippen LogP contribution is 2.13. The van der Waals surface area contributed by atoms with E-state index >= 15 is 0 Å². The smallest absolute Gasteiger partial charge is 0.307 e. The fourth-order valence-electron chi connectivity index (χ4n) is 1.28. The Bertz CT molecular complexity index is 479. The molecular formula is C11H10N2O4. The minimum atomic E-state index is -0.857. The third-order valence-electron chi connectivity index (χ3n) is 2.05. The Balaban J connectivity index is 1.91. The number of carboxylic acid groups (broad SMARTS) is 1. The van der Waals surface area contributed by atoms with E-state index in [1.54, 1.807) is 24.3 Å². The molecule has 1 N–H and O–H groups in total. The van der Waals surface area contributed by atoms with E-state index in [1.165, 1.54) is 6.33 Å². The zero-order chi connectivity index (χ0) is 12.1. The Labute approximate surface area is 96.8 Å². The monoisotopic (exact) mass is 234 g/mol. The summed E-state index contributed by atoms with van der Waals surface area (Å²) < 4.78 is 10.1. The lowest BCUT2D eigenvalue weighted by atomic mass is 10.1. The number of rotatable bonds is 5. The van der Waals surface area contributed by atoms with E-state index in [-0.39, 0.29) is 13.0 Å². The van der Waals surface area contributed by atoms with Crippen LogP contribution in [0.4, 0.5) is 0 Å². The first-order valence-electron chi connectivity index (χ1n) is 4.93. The second-order valence-electron chi connectivity index (χ2n) is 3.34. The molecule has 0 aliphatic carbocycles. The fourth-order valence-corrected chi connectivity index (χ4v) is 1.28. The van der Waals surface area contributed by atoms with Crippen LogP contribution in [0.25, 0.3) is 0 Å². The van der Waals surface area contributed by atoms with Crippen molar-refractivity contribution in [2.45, 2.75) is 13.0 Å². The molecule has 0 aliphatic heterocycles. The Morgan fingerprint density at radius 2 is 2.12 bits per heavy atom. The first kappa shape index (κ1) is 11.1. The lowest BCUT2D eigenvalue weighted by molar-refractivity contribution is -0.136. The molecule has 0 aliphatic rings. The van der Waals surface area contributed by atoms with Gasteiger partial charge < -0.3 is 14.4 Å².